The summed E-state index contributed by atoms with van der Waals surface area (Å²) < 4.78 is 2.20. The number of para-hydroxylation sites is 1. The molecule has 3 N–H and O–H groups in total. The summed E-state index contributed by atoms with van der Waals surface area (Å²) >= 11 is 0. The third-order valence-corrected chi connectivity index (χ3v) is 5.64. The van der Waals surface area contributed by atoms with E-state index in [0.29, 0.717) is 11.5 Å². The molecule has 1 fully saturated rings. The van der Waals surface area contributed by atoms with Crippen molar-refractivity contribution in [3.8, 4) is 0 Å². The van der Waals surface area contributed by atoms with Crippen LogP contribution in [0, 0.1) is 11.3 Å². The highest BCUT2D eigenvalue weighted by Gasteiger charge is 2.32. The number of aromatic nitrogens is 1. The summed E-state index contributed by atoms with van der Waals surface area (Å²) in [6.07, 6.45) is 8.36. The van der Waals surface area contributed by atoms with Crippen molar-refractivity contribution in [2.75, 3.05) is 0 Å². The molecule has 1 saturated carbocycles. The second kappa shape index (κ2) is 7.75. The minimum Gasteiger partial charge on any atom is -0.368 e. The van der Waals surface area contributed by atoms with E-state index in [4.69, 9.17) is 5.73 Å². The van der Waals surface area contributed by atoms with E-state index in [1.54, 1.807) is 0 Å². The lowest BCUT2D eigenvalue weighted by Gasteiger charge is -2.28. The van der Waals surface area contributed by atoms with Gasteiger partial charge in [-0.25, -0.2) is 0 Å². The quantitative estimate of drug-likeness (QED) is 0.840. The first-order valence-corrected chi connectivity index (χ1v) is 9.95. The summed E-state index contributed by atoms with van der Waals surface area (Å²) in [5, 5.41) is 3.77. The number of amides is 2. The molecule has 0 bridgehead atoms. The van der Waals surface area contributed by atoms with Gasteiger partial charge in [-0.2, -0.15) is 0 Å². The largest absolute Gasteiger partial charge is 0.368 e. The van der Waals surface area contributed by atoms with Crippen molar-refractivity contribution in [2.45, 2.75) is 65.5 Å². The smallest absolute Gasteiger partial charge is 0.254 e. The van der Waals surface area contributed by atoms with E-state index < -0.39 is 17.4 Å². The number of hydrogen-bond acceptors (Lipinski definition) is 2. The van der Waals surface area contributed by atoms with Gasteiger partial charge in [-0.05, 0) is 30.2 Å². The molecule has 0 saturated heterocycles. The minimum atomic E-state index is -0.717. The van der Waals surface area contributed by atoms with Crippen molar-refractivity contribution in [1.29, 1.82) is 0 Å². The molecule has 0 aliphatic heterocycles. The van der Waals surface area contributed by atoms with E-state index in [-0.39, 0.29) is 5.91 Å². The molecule has 1 aliphatic rings. The van der Waals surface area contributed by atoms with Crippen molar-refractivity contribution in [3.63, 3.8) is 0 Å². The molecule has 0 spiro atoms. The molecule has 27 heavy (non-hydrogen) atoms. The second-order valence-electron chi connectivity index (χ2n) is 8.89. The molecule has 1 aromatic carbocycles. The standard InChI is InChI=1S/C22H31N3O2/c1-22(2,3)19(20(23)26)24-21(27)17-14-25(13-15-9-5-4-6-10-15)18-12-8-7-11-16(17)18/h7-8,11-12,14-15,19H,4-6,9-10,13H2,1-3H3,(H2,23,26)(H,24,27). The number of nitrogens with one attached hydrogen (secondary N) is 1. The van der Waals surface area contributed by atoms with Gasteiger partial charge in [-0.1, -0.05) is 58.2 Å². The van der Waals surface area contributed by atoms with Crippen LogP contribution in [0.3, 0.4) is 0 Å². The molecule has 1 atom stereocenters. The number of hydrogen-bond donors (Lipinski definition) is 2. The Kier molecular flexibility index (Phi) is 5.59. The van der Waals surface area contributed by atoms with Gasteiger partial charge in [0.1, 0.15) is 6.04 Å². The third kappa shape index (κ3) is 4.34. The molecule has 146 valence electrons. The lowest BCUT2D eigenvalue weighted by atomic mass is 9.86. The van der Waals surface area contributed by atoms with Gasteiger partial charge in [0.25, 0.3) is 5.91 Å². The third-order valence-electron chi connectivity index (χ3n) is 5.64. The minimum absolute atomic E-state index is 0.243. The molecular formula is C22H31N3O2. The number of nitrogens with zero attached hydrogens (tertiary/aromatic N) is 1. The second-order valence-corrected chi connectivity index (χ2v) is 8.89. The molecule has 3 rings (SSSR count). The summed E-state index contributed by atoms with van der Waals surface area (Å²) in [6, 6.07) is 7.26. The summed E-state index contributed by atoms with van der Waals surface area (Å²) in [5.41, 5.74) is 6.77. The lowest BCUT2D eigenvalue weighted by Crippen LogP contribution is -2.52. The van der Waals surface area contributed by atoms with Gasteiger partial charge < -0.3 is 15.6 Å². The Morgan fingerprint density at radius 1 is 1.19 bits per heavy atom. The predicted molar refractivity (Wildman–Crippen MR) is 108 cm³/mol. The Labute approximate surface area is 161 Å². The Morgan fingerprint density at radius 2 is 1.85 bits per heavy atom. The van der Waals surface area contributed by atoms with Gasteiger partial charge >= 0.3 is 0 Å². The fourth-order valence-electron chi connectivity index (χ4n) is 4.15. The van der Waals surface area contributed by atoms with Gasteiger partial charge in [-0.15, -0.1) is 0 Å². The Hall–Kier alpha value is -2.30. The van der Waals surface area contributed by atoms with Gasteiger partial charge in [0.05, 0.1) is 5.56 Å². The topological polar surface area (TPSA) is 77.1 Å². The van der Waals surface area contributed by atoms with E-state index in [0.717, 1.165) is 17.4 Å². The van der Waals surface area contributed by atoms with Crippen LogP contribution in [0.2, 0.25) is 0 Å². The number of primary amides is 1. The molecule has 1 unspecified atom stereocenters. The first-order valence-electron chi connectivity index (χ1n) is 9.95. The summed E-state index contributed by atoms with van der Waals surface area (Å²) in [7, 11) is 0. The maximum absolute atomic E-state index is 13.0. The molecule has 5 heteroatoms. The fourth-order valence-corrected chi connectivity index (χ4v) is 4.15. The van der Waals surface area contributed by atoms with Gasteiger partial charge in [-0.3, -0.25) is 9.59 Å². The van der Waals surface area contributed by atoms with E-state index in [1.165, 1.54) is 32.1 Å². The van der Waals surface area contributed by atoms with E-state index in [9.17, 15) is 9.59 Å². The lowest BCUT2D eigenvalue weighted by molar-refractivity contribution is -0.122. The van der Waals surface area contributed by atoms with Crippen LogP contribution in [0.4, 0.5) is 0 Å². The number of fused-ring (bicyclic) bond motifs is 1. The van der Waals surface area contributed by atoms with Crippen LogP contribution in [0.1, 0.15) is 63.2 Å². The Balaban J connectivity index is 1.89. The van der Waals surface area contributed by atoms with Gasteiger partial charge in [0.15, 0.2) is 0 Å². The predicted octanol–water partition coefficient (Wildman–Crippen LogP) is 3.85. The zero-order valence-corrected chi connectivity index (χ0v) is 16.6. The van der Waals surface area contributed by atoms with Crippen molar-refractivity contribution >= 4 is 22.7 Å². The van der Waals surface area contributed by atoms with Crippen molar-refractivity contribution in [1.82, 2.24) is 9.88 Å². The summed E-state index contributed by atoms with van der Waals surface area (Å²) in [6.45, 7) is 6.63. The molecular weight excluding hydrogens is 338 g/mol. The average molecular weight is 370 g/mol. The zero-order valence-electron chi connectivity index (χ0n) is 16.6. The zero-order chi connectivity index (χ0) is 19.6. The number of carbonyl (C=O) groups excluding carboxylic acids is 2. The molecule has 5 nitrogen and oxygen atoms in total. The van der Waals surface area contributed by atoms with Crippen LogP contribution < -0.4 is 11.1 Å². The van der Waals surface area contributed by atoms with Crippen molar-refractivity contribution in [2.24, 2.45) is 17.1 Å². The SMILES string of the molecule is CC(C)(C)C(NC(=O)c1cn(CC2CCCCC2)c2ccccc12)C(N)=O. The maximum atomic E-state index is 13.0. The highest BCUT2D eigenvalue weighted by atomic mass is 16.2. The van der Waals surface area contributed by atoms with Crippen molar-refractivity contribution < 1.29 is 9.59 Å². The number of benzene rings is 1. The van der Waals surface area contributed by atoms with Crippen LogP contribution in [0.15, 0.2) is 30.5 Å². The molecule has 1 heterocycles. The van der Waals surface area contributed by atoms with Gasteiger partial charge in [0, 0.05) is 23.6 Å². The molecule has 0 radical (unpaired) electrons. The van der Waals surface area contributed by atoms with Crippen molar-refractivity contribution in [3.05, 3.63) is 36.0 Å². The molecule has 2 aromatic rings. The van der Waals surface area contributed by atoms with E-state index in [1.807, 2.05) is 45.2 Å². The van der Waals surface area contributed by atoms with E-state index in [2.05, 4.69) is 16.0 Å². The van der Waals surface area contributed by atoms with Crippen LogP contribution in [0.25, 0.3) is 10.9 Å². The molecule has 1 aliphatic carbocycles. The van der Waals surface area contributed by atoms with Crippen LogP contribution in [-0.2, 0) is 11.3 Å². The number of carbonyl (C=O) groups is 2. The highest BCUT2D eigenvalue weighted by molar-refractivity contribution is 6.08. The van der Waals surface area contributed by atoms with E-state index >= 15 is 0 Å². The number of rotatable bonds is 5. The van der Waals surface area contributed by atoms with Gasteiger partial charge in [0.2, 0.25) is 5.91 Å². The Bertz CT molecular complexity index is 826. The van der Waals surface area contributed by atoms with Crippen LogP contribution >= 0.6 is 0 Å². The molecule has 2 amide bonds. The fraction of sp³-hybridized carbons (Fsp3) is 0.545. The Morgan fingerprint density at radius 3 is 2.48 bits per heavy atom. The first kappa shape index (κ1) is 19.5. The monoisotopic (exact) mass is 369 g/mol. The first-order chi connectivity index (χ1) is 12.8. The van der Waals surface area contributed by atoms with Crippen LogP contribution in [-0.4, -0.2) is 22.4 Å². The van der Waals surface area contributed by atoms with Crippen LogP contribution in [0.5, 0.6) is 0 Å². The normalized spacial score (nSPS) is 17.0. The average Bonchev–Trinajstić information content (AvgIpc) is 2.98. The highest BCUT2D eigenvalue weighted by Crippen LogP contribution is 2.29. The summed E-state index contributed by atoms with van der Waals surface area (Å²) in [5.74, 6) is -0.0903. The molecule has 1 aromatic heterocycles. The summed E-state index contributed by atoms with van der Waals surface area (Å²) in [4.78, 5) is 24.8. The maximum Gasteiger partial charge on any atom is 0.254 e. The number of nitrogens with two attached hydrogens (primary N) is 1.